The van der Waals surface area contributed by atoms with E-state index >= 15 is 0 Å². The summed E-state index contributed by atoms with van der Waals surface area (Å²) in [6.45, 7) is 5.87. The molecule has 2 heteroatoms. The molecule has 1 atom stereocenters. The van der Waals surface area contributed by atoms with E-state index in [1.54, 1.807) is 7.11 Å². The predicted octanol–water partition coefficient (Wildman–Crippen LogP) is 3.01. The molecule has 0 radical (unpaired) electrons. The lowest BCUT2D eigenvalue weighted by Crippen LogP contribution is -2.14. The Morgan fingerprint density at radius 1 is 1.08 bits per heavy atom. The third kappa shape index (κ3) is 9.84. The molecule has 0 aromatic heterocycles. The van der Waals surface area contributed by atoms with Crippen molar-refractivity contribution in [2.24, 2.45) is 0 Å². The third-order valence-corrected chi connectivity index (χ3v) is 2.15. The Balaban J connectivity index is 2.91. The van der Waals surface area contributed by atoms with Crippen LogP contribution < -0.4 is 0 Å². The SMILES string of the molecule is CCCCCCCOCC(C)OC. The first kappa shape index (κ1) is 12.9. The Kier molecular flexibility index (Phi) is 9.94. The molecule has 0 saturated heterocycles. The maximum absolute atomic E-state index is 5.44. The molecule has 0 bridgehead atoms. The van der Waals surface area contributed by atoms with Gasteiger partial charge in [-0.2, -0.15) is 0 Å². The molecular formula is C11H24O2. The van der Waals surface area contributed by atoms with Crippen molar-refractivity contribution < 1.29 is 9.47 Å². The van der Waals surface area contributed by atoms with E-state index in [1.165, 1.54) is 32.1 Å². The first-order valence-electron chi connectivity index (χ1n) is 5.41. The van der Waals surface area contributed by atoms with E-state index in [1.807, 2.05) is 6.92 Å². The van der Waals surface area contributed by atoms with Crippen molar-refractivity contribution in [1.29, 1.82) is 0 Å². The number of hydrogen-bond acceptors (Lipinski definition) is 2. The van der Waals surface area contributed by atoms with E-state index in [2.05, 4.69) is 6.92 Å². The zero-order chi connectivity index (χ0) is 9.94. The maximum Gasteiger partial charge on any atom is 0.0776 e. The van der Waals surface area contributed by atoms with Crippen LogP contribution in [0.5, 0.6) is 0 Å². The zero-order valence-corrected chi connectivity index (χ0v) is 9.34. The van der Waals surface area contributed by atoms with Crippen LogP contribution in [0.25, 0.3) is 0 Å². The molecule has 0 spiro atoms. The van der Waals surface area contributed by atoms with Gasteiger partial charge >= 0.3 is 0 Å². The Labute approximate surface area is 82.6 Å². The van der Waals surface area contributed by atoms with Crippen LogP contribution in [0.15, 0.2) is 0 Å². The van der Waals surface area contributed by atoms with Gasteiger partial charge in [0.25, 0.3) is 0 Å². The van der Waals surface area contributed by atoms with Crippen molar-refractivity contribution in [3.05, 3.63) is 0 Å². The molecule has 0 aliphatic carbocycles. The Hall–Kier alpha value is -0.0800. The second kappa shape index (κ2) is 10.0. The molecule has 0 rings (SSSR count). The van der Waals surface area contributed by atoms with Crippen molar-refractivity contribution in [3.8, 4) is 0 Å². The van der Waals surface area contributed by atoms with Crippen LogP contribution in [0.3, 0.4) is 0 Å². The Bertz CT molecular complexity index is 94.1. The van der Waals surface area contributed by atoms with E-state index in [4.69, 9.17) is 9.47 Å². The standard InChI is InChI=1S/C11H24O2/c1-4-5-6-7-8-9-13-10-11(2)12-3/h11H,4-10H2,1-3H3. The molecule has 1 unspecified atom stereocenters. The van der Waals surface area contributed by atoms with Crippen LogP contribution in [-0.4, -0.2) is 26.4 Å². The molecular weight excluding hydrogens is 164 g/mol. The van der Waals surface area contributed by atoms with Gasteiger partial charge in [0.15, 0.2) is 0 Å². The lowest BCUT2D eigenvalue weighted by Gasteiger charge is -2.09. The van der Waals surface area contributed by atoms with Gasteiger partial charge in [0.1, 0.15) is 0 Å². The van der Waals surface area contributed by atoms with Gasteiger partial charge in [-0.25, -0.2) is 0 Å². The van der Waals surface area contributed by atoms with Crippen LogP contribution in [0.1, 0.15) is 46.0 Å². The average Bonchev–Trinajstić information content (AvgIpc) is 2.16. The number of methoxy groups -OCH3 is 1. The quantitative estimate of drug-likeness (QED) is 0.518. The lowest BCUT2D eigenvalue weighted by atomic mass is 10.2. The van der Waals surface area contributed by atoms with Crippen LogP contribution in [0.2, 0.25) is 0 Å². The number of unbranched alkanes of at least 4 members (excludes halogenated alkanes) is 4. The molecule has 0 aliphatic heterocycles. The van der Waals surface area contributed by atoms with Gasteiger partial charge in [0.05, 0.1) is 12.7 Å². The highest BCUT2D eigenvalue weighted by atomic mass is 16.5. The summed E-state index contributed by atoms with van der Waals surface area (Å²) in [7, 11) is 1.72. The second-order valence-corrected chi connectivity index (χ2v) is 3.54. The van der Waals surface area contributed by atoms with Crippen molar-refractivity contribution in [1.82, 2.24) is 0 Å². The third-order valence-electron chi connectivity index (χ3n) is 2.15. The number of rotatable bonds is 9. The van der Waals surface area contributed by atoms with Gasteiger partial charge in [-0.1, -0.05) is 32.6 Å². The zero-order valence-electron chi connectivity index (χ0n) is 9.34. The normalized spacial score (nSPS) is 13.2. The van der Waals surface area contributed by atoms with Crippen LogP contribution in [0.4, 0.5) is 0 Å². The molecule has 0 aliphatic rings. The first-order chi connectivity index (χ1) is 6.31. The topological polar surface area (TPSA) is 18.5 Å². The fourth-order valence-electron chi connectivity index (χ4n) is 1.13. The average molecular weight is 188 g/mol. The molecule has 0 heterocycles. The van der Waals surface area contributed by atoms with Crippen molar-refractivity contribution >= 4 is 0 Å². The molecule has 13 heavy (non-hydrogen) atoms. The molecule has 0 saturated carbocycles. The molecule has 2 nitrogen and oxygen atoms in total. The highest BCUT2D eigenvalue weighted by Gasteiger charge is 1.97. The van der Waals surface area contributed by atoms with Crippen molar-refractivity contribution in [2.75, 3.05) is 20.3 Å². The Morgan fingerprint density at radius 2 is 1.77 bits per heavy atom. The van der Waals surface area contributed by atoms with Crippen molar-refractivity contribution in [3.63, 3.8) is 0 Å². The number of hydrogen-bond donors (Lipinski definition) is 0. The smallest absolute Gasteiger partial charge is 0.0776 e. The van der Waals surface area contributed by atoms with E-state index in [0.29, 0.717) is 0 Å². The summed E-state index contributed by atoms with van der Waals surface area (Å²) in [5.41, 5.74) is 0. The lowest BCUT2D eigenvalue weighted by molar-refractivity contribution is 0.0174. The minimum absolute atomic E-state index is 0.232. The van der Waals surface area contributed by atoms with Gasteiger partial charge in [-0.05, 0) is 13.3 Å². The van der Waals surface area contributed by atoms with E-state index < -0.39 is 0 Å². The van der Waals surface area contributed by atoms with E-state index in [0.717, 1.165) is 13.2 Å². The first-order valence-corrected chi connectivity index (χ1v) is 5.41. The van der Waals surface area contributed by atoms with Gasteiger partial charge in [-0.3, -0.25) is 0 Å². The summed E-state index contributed by atoms with van der Waals surface area (Å²) in [6, 6.07) is 0. The second-order valence-electron chi connectivity index (χ2n) is 3.54. The van der Waals surface area contributed by atoms with E-state index in [-0.39, 0.29) is 6.10 Å². The number of ether oxygens (including phenoxy) is 2. The monoisotopic (exact) mass is 188 g/mol. The molecule has 80 valence electrons. The molecule has 0 amide bonds. The summed E-state index contributed by atoms with van der Waals surface area (Å²) < 4.78 is 10.5. The summed E-state index contributed by atoms with van der Waals surface area (Å²) in [5, 5.41) is 0. The minimum atomic E-state index is 0.232. The summed E-state index contributed by atoms with van der Waals surface area (Å²) >= 11 is 0. The fourth-order valence-corrected chi connectivity index (χ4v) is 1.13. The largest absolute Gasteiger partial charge is 0.379 e. The maximum atomic E-state index is 5.44. The fraction of sp³-hybridized carbons (Fsp3) is 1.00. The predicted molar refractivity (Wildman–Crippen MR) is 56.0 cm³/mol. The minimum Gasteiger partial charge on any atom is -0.379 e. The van der Waals surface area contributed by atoms with Gasteiger partial charge in [0.2, 0.25) is 0 Å². The van der Waals surface area contributed by atoms with Crippen LogP contribution in [0, 0.1) is 0 Å². The van der Waals surface area contributed by atoms with Crippen LogP contribution >= 0.6 is 0 Å². The molecule has 0 fully saturated rings. The van der Waals surface area contributed by atoms with Gasteiger partial charge < -0.3 is 9.47 Å². The molecule has 0 N–H and O–H groups in total. The Morgan fingerprint density at radius 3 is 2.38 bits per heavy atom. The molecule has 0 aromatic carbocycles. The summed E-state index contributed by atoms with van der Waals surface area (Å²) in [5.74, 6) is 0. The summed E-state index contributed by atoms with van der Waals surface area (Å²) in [4.78, 5) is 0. The van der Waals surface area contributed by atoms with Crippen molar-refractivity contribution in [2.45, 2.75) is 52.1 Å². The van der Waals surface area contributed by atoms with Crippen LogP contribution in [-0.2, 0) is 9.47 Å². The molecule has 0 aromatic rings. The van der Waals surface area contributed by atoms with Gasteiger partial charge in [0, 0.05) is 13.7 Å². The van der Waals surface area contributed by atoms with E-state index in [9.17, 15) is 0 Å². The highest BCUT2D eigenvalue weighted by molar-refractivity contribution is 4.46. The summed E-state index contributed by atoms with van der Waals surface area (Å²) in [6.07, 6.45) is 6.73. The highest BCUT2D eigenvalue weighted by Crippen LogP contribution is 2.02. The van der Waals surface area contributed by atoms with Gasteiger partial charge in [-0.15, -0.1) is 0 Å².